The van der Waals surface area contributed by atoms with Gasteiger partial charge in [-0.05, 0) is 17.0 Å². The highest BCUT2D eigenvalue weighted by atomic mass is 32.1. The standard InChI is InChI=1S/C23H17N5OS2/c29-21(24-23-26-25-22(31-23)18-11-12-30-15-18)19-14-28(13-16-7-3-1-4-8-16)27-20(19)17-9-5-2-6-10-17/h1-12,14-15H,13H2,(H,24,26,29). The van der Waals surface area contributed by atoms with E-state index in [1.807, 2.05) is 77.5 Å². The van der Waals surface area contributed by atoms with Gasteiger partial charge in [0.05, 0.1) is 12.1 Å². The molecule has 2 aromatic carbocycles. The number of nitrogens with zero attached hydrogens (tertiary/aromatic N) is 4. The van der Waals surface area contributed by atoms with Gasteiger partial charge in [0.25, 0.3) is 5.91 Å². The number of thiophene rings is 1. The summed E-state index contributed by atoms with van der Waals surface area (Å²) >= 11 is 2.95. The molecule has 0 saturated carbocycles. The number of rotatable bonds is 6. The van der Waals surface area contributed by atoms with Crippen LogP contribution in [0.4, 0.5) is 5.13 Å². The molecule has 3 aromatic heterocycles. The Morgan fingerprint density at radius 1 is 0.935 bits per heavy atom. The van der Waals surface area contributed by atoms with E-state index >= 15 is 0 Å². The second-order valence-corrected chi connectivity index (χ2v) is 8.58. The van der Waals surface area contributed by atoms with Crippen LogP contribution in [0.3, 0.4) is 0 Å². The summed E-state index contributed by atoms with van der Waals surface area (Å²) in [6.45, 7) is 0.578. The van der Waals surface area contributed by atoms with E-state index in [4.69, 9.17) is 5.10 Å². The van der Waals surface area contributed by atoms with Crippen LogP contribution in [0.2, 0.25) is 0 Å². The van der Waals surface area contributed by atoms with E-state index in [2.05, 4.69) is 15.5 Å². The van der Waals surface area contributed by atoms with Crippen molar-refractivity contribution in [2.24, 2.45) is 0 Å². The van der Waals surface area contributed by atoms with Crippen LogP contribution in [0.25, 0.3) is 21.8 Å². The maximum atomic E-state index is 13.1. The number of benzene rings is 2. The molecule has 0 saturated heterocycles. The monoisotopic (exact) mass is 443 g/mol. The summed E-state index contributed by atoms with van der Waals surface area (Å²) in [4.78, 5) is 13.1. The van der Waals surface area contributed by atoms with Gasteiger partial charge in [0, 0.05) is 22.7 Å². The first-order valence-corrected chi connectivity index (χ1v) is 11.4. The zero-order valence-electron chi connectivity index (χ0n) is 16.3. The number of carbonyl (C=O) groups is 1. The van der Waals surface area contributed by atoms with E-state index in [0.29, 0.717) is 22.9 Å². The first-order chi connectivity index (χ1) is 15.3. The minimum absolute atomic E-state index is 0.258. The second-order valence-electron chi connectivity index (χ2n) is 6.82. The SMILES string of the molecule is O=C(Nc1nnc(-c2ccsc2)s1)c1cn(Cc2ccccc2)nc1-c1ccccc1. The summed E-state index contributed by atoms with van der Waals surface area (Å²) in [5.74, 6) is -0.258. The van der Waals surface area contributed by atoms with Crippen LogP contribution in [-0.4, -0.2) is 25.9 Å². The van der Waals surface area contributed by atoms with E-state index in [0.717, 1.165) is 21.7 Å². The van der Waals surface area contributed by atoms with E-state index < -0.39 is 0 Å². The van der Waals surface area contributed by atoms with Crippen molar-refractivity contribution >= 4 is 33.7 Å². The van der Waals surface area contributed by atoms with Gasteiger partial charge in [-0.3, -0.25) is 14.8 Å². The zero-order valence-corrected chi connectivity index (χ0v) is 17.9. The average molecular weight is 444 g/mol. The molecule has 8 heteroatoms. The van der Waals surface area contributed by atoms with Crippen molar-refractivity contribution in [1.29, 1.82) is 0 Å². The largest absolute Gasteiger partial charge is 0.296 e. The lowest BCUT2D eigenvalue weighted by atomic mass is 10.1. The summed E-state index contributed by atoms with van der Waals surface area (Å²) in [5.41, 5.74) is 4.13. The number of amides is 1. The normalized spacial score (nSPS) is 10.8. The van der Waals surface area contributed by atoms with Crippen LogP contribution >= 0.6 is 22.7 Å². The highest BCUT2D eigenvalue weighted by Crippen LogP contribution is 2.29. The Balaban J connectivity index is 1.44. The lowest BCUT2D eigenvalue weighted by Gasteiger charge is -2.02. The molecule has 0 bridgehead atoms. The topological polar surface area (TPSA) is 72.7 Å². The van der Waals surface area contributed by atoms with Crippen molar-refractivity contribution in [3.8, 4) is 21.8 Å². The molecule has 0 spiro atoms. The predicted octanol–water partition coefficient (Wildman–Crippen LogP) is 5.43. The molecule has 5 aromatic rings. The molecule has 5 rings (SSSR count). The van der Waals surface area contributed by atoms with Crippen LogP contribution in [0.5, 0.6) is 0 Å². The Morgan fingerprint density at radius 3 is 2.45 bits per heavy atom. The molecule has 0 unspecified atom stereocenters. The Bertz CT molecular complexity index is 1290. The maximum Gasteiger partial charge on any atom is 0.261 e. The predicted molar refractivity (Wildman–Crippen MR) is 124 cm³/mol. The summed E-state index contributed by atoms with van der Waals surface area (Å²) < 4.78 is 1.80. The van der Waals surface area contributed by atoms with Crippen LogP contribution in [0.1, 0.15) is 15.9 Å². The molecule has 1 amide bonds. The third-order valence-corrected chi connectivity index (χ3v) is 6.23. The van der Waals surface area contributed by atoms with Crippen LogP contribution in [0, 0.1) is 0 Å². The molecule has 6 nitrogen and oxygen atoms in total. The molecule has 0 aliphatic carbocycles. The van der Waals surface area contributed by atoms with Crippen molar-refractivity contribution in [3.05, 3.63) is 94.8 Å². The molecule has 0 aliphatic rings. The summed E-state index contributed by atoms with van der Waals surface area (Å²) in [6.07, 6.45) is 1.78. The van der Waals surface area contributed by atoms with Gasteiger partial charge in [0.15, 0.2) is 0 Å². The van der Waals surface area contributed by atoms with Crippen molar-refractivity contribution in [2.45, 2.75) is 6.54 Å². The fourth-order valence-corrected chi connectivity index (χ4v) is 4.64. The fraction of sp³-hybridized carbons (Fsp3) is 0.0435. The highest BCUT2D eigenvalue weighted by Gasteiger charge is 2.20. The number of anilines is 1. The van der Waals surface area contributed by atoms with Gasteiger partial charge in [-0.1, -0.05) is 72.0 Å². The van der Waals surface area contributed by atoms with Gasteiger partial charge >= 0.3 is 0 Å². The average Bonchev–Trinajstić information content (AvgIpc) is 3.56. The second kappa shape index (κ2) is 8.63. The van der Waals surface area contributed by atoms with Crippen molar-refractivity contribution in [3.63, 3.8) is 0 Å². The Labute approximate surface area is 186 Å². The van der Waals surface area contributed by atoms with E-state index in [9.17, 15) is 4.79 Å². The number of nitrogens with one attached hydrogen (secondary N) is 1. The third-order valence-electron chi connectivity index (χ3n) is 4.65. The molecule has 1 N–H and O–H groups in total. The van der Waals surface area contributed by atoms with Crippen molar-refractivity contribution in [2.75, 3.05) is 5.32 Å². The number of carbonyl (C=O) groups excluding carboxylic acids is 1. The third kappa shape index (κ3) is 4.30. The van der Waals surface area contributed by atoms with E-state index in [-0.39, 0.29) is 5.91 Å². The summed E-state index contributed by atoms with van der Waals surface area (Å²) in [6, 6.07) is 21.7. The Kier molecular flexibility index (Phi) is 5.39. The lowest BCUT2D eigenvalue weighted by Crippen LogP contribution is -2.12. The number of hydrogen-bond acceptors (Lipinski definition) is 6. The van der Waals surface area contributed by atoms with Gasteiger partial charge in [0.2, 0.25) is 5.13 Å². The summed E-state index contributed by atoms with van der Waals surface area (Å²) in [7, 11) is 0. The first kappa shape index (κ1) is 19.3. The Hall–Kier alpha value is -3.62. The minimum atomic E-state index is -0.258. The zero-order chi connectivity index (χ0) is 21.0. The molecule has 152 valence electrons. The van der Waals surface area contributed by atoms with Crippen LogP contribution in [-0.2, 0) is 6.54 Å². The first-order valence-electron chi connectivity index (χ1n) is 9.60. The maximum absolute atomic E-state index is 13.1. The molecule has 0 fully saturated rings. The van der Waals surface area contributed by atoms with Gasteiger partial charge in [-0.15, -0.1) is 10.2 Å². The van der Waals surface area contributed by atoms with Gasteiger partial charge < -0.3 is 0 Å². The molecule has 0 atom stereocenters. The highest BCUT2D eigenvalue weighted by molar-refractivity contribution is 7.19. The number of aromatic nitrogens is 4. The number of hydrogen-bond donors (Lipinski definition) is 1. The van der Waals surface area contributed by atoms with Gasteiger partial charge in [-0.25, -0.2) is 0 Å². The lowest BCUT2D eigenvalue weighted by molar-refractivity contribution is 0.102. The quantitative estimate of drug-likeness (QED) is 0.380. The van der Waals surface area contributed by atoms with Gasteiger partial charge in [0.1, 0.15) is 10.7 Å². The van der Waals surface area contributed by atoms with Gasteiger partial charge in [-0.2, -0.15) is 16.4 Å². The molecular formula is C23H17N5OS2. The molecule has 31 heavy (non-hydrogen) atoms. The molecule has 0 aliphatic heterocycles. The van der Waals surface area contributed by atoms with Crippen molar-refractivity contribution < 1.29 is 4.79 Å². The van der Waals surface area contributed by atoms with E-state index in [1.54, 1.807) is 22.2 Å². The van der Waals surface area contributed by atoms with Crippen LogP contribution in [0.15, 0.2) is 83.7 Å². The fourth-order valence-electron chi connectivity index (χ4n) is 3.19. The Morgan fingerprint density at radius 2 is 1.71 bits per heavy atom. The summed E-state index contributed by atoms with van der Waals surface area (Å²) in [5, 5.41) is 21.1. The molecule has 0 radical (unpaired) electrons. The molecule has 3 heterocycles. The molecular weight excluding hydrogens is 426 g/mol. The minimum Gasteiger partial charge on any atom is -0.296 e. The van der Waals surface area contributed by atoms with Crippen molar-refractivity contribution in [1.82, 2.24) is 20.0 Å². The van der Waals surface area contributed by atoms with Crippen LogP contribution < -0.4 is 5.32 Å². The smallest absolute Gasteiger partial charge is 0.261 e. The van der Waals surface area contributed by atoms with E-state index in [1.165, 1.54) is 11.3 Å².